The van der Waals surface area contributed by atoms with Crippen LogP contribution < -0.4 is 5.32 Å². The van der Waals surface area contributed by atoms with E-state index in [0.717, 1.165) is 38.9 Å². The highest BCUT2D eigenvalue weighted by Gasteiger charge is 2.19. The van der Waals surface area contributed by atoms with Gasteiger partial charge in [-0.3, -0.25) is 9.59 Å². The third-order valence-corrected chi connectivity index (χ3v) is 3.28. The number of carbonyl (C=O) groups excluding carboxylic acids is 1. The molecule has 1 aliphatic heterocycles. The van der Waals surface area contributed by atoms with Gasteiger partial charge in [0.05, 0.1) is 0 Å². The SMILES string of the molecule is CC(=O)NCCN1CCC(CCC(=O)O)CC1. The monoisotopic (exact) mass is 242 g/mol. The van der Waals surface area contributed by atoms with Gasteiger partial charge in [-0.1, -0.05) is 0 Å². The van der Waals surface area contributed by atoms with Crippen LogP contribution in [-0.2, 0) is 9.59 Å². The van der Waals surface area contributed by atoms with Crippen molar-refractivity contribution in [2.24, 2.45) is 5.92 Å². The average molecular weight is 242 g/mol. The molecule has 1 saturated heterocycles. The van der Waals surface area contributed by atoms with Gasteiger partial charge in [-0.25, -0.2) is 0 Å². The first kappa shape index (κ1) is 14.0. The topological polar surface area (TPSA) is 69.6 Å². The summed E-state index contributed by atoms with van der Waals surface area (Å²) in [4.78, 5) is 23.5. The molecule has 1 heterocycles. The molecule has 0 aromatic carbocycles. The van der Waals surface area contributed by atoms with Crippen molar-refractivity contribution in [1.82, 2.24) is 10.2 Å². The zero-order chi connectivity index (χ0) is 12.7. The van der Waals surface area contributed by atoms with E-state index >= 15 is 0 Å². The molecule has 0 bridgehead atoms. The van der Waals surface area contributed by atoms with E-state index in [-0.39, 0.29) is 12.3 Å². The van der Waals surface area contributed by atoms with Gasteiger partial charge in [0, 0.05) is 26.4 Å². The zero-order valence-electron chi connectivity index (χ0n) is 10.4. The Morgan fingerprint density at radius 1 is 1.35 bits per heavy atom. The van der Waals surface area contributed by atoms with Gasteiger partial charge in [-0.15, -0.1) is 0 Å². The smallest absolute Gasteiger partial charge is 0.303 e. The molecular weight excluding hydrogens is 220 g/mol. The Kier molecular flexibility index (Phi) is 5.97. The lowest BCUT2D eigenvalue weighted by Crippen LogP contribution is -2.39. The van der Waals surface area contributed by atoms with Gasteiger partial charge in [0.25, 0.3) is 0 Å². The van der Waals surface area contributed by atoms with Crippen LogP contribution in [0.3, 0.4) is 0 Å². The molecule has 5 nitrogen and oxygen atoms in total. The van der Waals surface area contributed by atoms with E-state index in [1.165, 1.54) is 6.92 Å². The van der Waals surface area contributed by atoms with Crippen molar-refractivity contribution in [3.63, 3.8) is 0 Å². The lowest BCUT2D eigenvalue weighted by atomic mass is 9.92. The number of amides is 1. The molecule has 5 heteroatoms. The minimum atomic E-state index is -0.696. The first-order chi connectivity index (χ1) is 8.08. The summed E-state index contributed by atoms with van der Waals surface area (Å²) in [5, 5.41) is 11.4. The maximum atomic E-state index is 10.7. The quantitative estimate of drug-likeness (QED) is 0.719. The summed E-state index contributed by atoms with van der Waals surface area (Å²) in [7, 11) is 0. The van der Waals surface area contributed by atoms with Crippen LogP contribution in [0.5, 0.6) is 0 Å². The van der Waals surface area contributed by atoms with Crippen LogP contribution in [0.4, 0.5) is 0 Å². The molecule has 1 aliphatic rings. The molecule has 1 rings (SSSR count). The fourth-order valence-corrected chi connectivity index (χ4v) is 2.22. The predicted octanol–water partition coefficient (Wildman–Crippen LogP) is 0.699. The van der Waals surface area contributed by atoms with Crippen LogP contribution >= 0.6 is 0 Å². The summed E-state index contributed by atoms with van der Waals surface area (Å²) in [5.41, 5.74) is 0. The van der Waals surface area contributed by atoms with Gasteiger partial charge in [0.2, 0.25) is 5.91 Å². The predicted molar refractivity (Wildman–Crippen MR) is 64.7 cm³/mol. The van der Waals surface area contributed by atoms with Crippen LogP contribution in [0.1, 0.15) is 32.6 Å². The molecule has 0 atom stereocenters. The molecule has 2 N–H and O–H groups in total. The highest BCUT2D eigenvalue weighted by Crippen LogP contribution is 2.21. The number of carbonyl (C=O) groups is 2. The second kappa shape index (κ2) is 7.27. The Bertz CT molecular complexity index is 260. The minimum absolute atomic E-state index is 0.0151. The Labute approximate surface area is 102 Å². The first-order valence-electron chi connectivity index (χ1n) is 6.26. The largest absolute Gasteiger partial charge is 0.481 e. The highest BCUT2D eigenvalue weighted by molar-refractivity contribution is 5.72. The van der Waals surface area contributed by atoms with Crippen molar-refractivity contribution >= 4 is 11.9 Å². The third-order valence-electron chi connectivity index (χ3n) is 3.28. The van der Waals surface area contributed by atoms with Crippen LogP contribution in [0.15, 0.2) is 0 Å². The molecule has 0 aliphatic carbocycles. The molecule has 1 amide bonds. The maximum Gasteiger partial charge on any atom is 0.303 e. The van der Waals surface area contributed by atoms with Crippen molar-refractivity contribution in [3.8, 4) is 0 Å². The number of hydrogen-bond acceptors (Lipinski definition) is 3. The maximum absolute atomic E-state index is 10.7. The first-order valence-corrected chi connectivity index (χ1v) is 6.26. The highest BCUT2D eigenvalue weighted by atomic mass is 16.4. The van der Waals surface area contributed by atoms with E-state index in [2.05, 4.69) is 10.2 Å². The lowest BCUT2D eigenvalue weighted by molar-refractivity contribution is -0.137. The van der Waals surface area contributed by atoms with E-state index in [4.69, 9.17) is 5.11 Å². The van der Waals surface area contributed by atoms with Gasteiger partial charge < -0.3 is 15.3 Å². The Hall–Kier alpha value is -1.10. The molecule has 98 valence electrons. The number of likely N-dealkylation sites (tertiary alicyclic amines) is 1. The van der Waals surface area contributed by atoms with Gasteiger partial charge in [-0.05, 0) is 38.3 Å². The summed E-state index contributed by atoms with van der Waals surface area (Å²) in [6.07, 6.45) is 3.24. The van der Waals surface area contributed by atoms with E-state index in [1.807, 2.05) is 0 Å². The molecule has 1 fully saturated rings. The fraction of sp³-hybridized carbons (Fsp3) is 0.833. The second-order valence-electron chi connectivity index (χ2n) is 4.70. The number of rotatable bonds is 6. The second-order valence-corrected chi connectivity index (χ2v) is 4.70. The van der Waals surface area contributed by atoms with Gasteiger partial charge in [-0.2, -0.15) is 0 Å². The summed E-state index contributed by atoms with van der Waals surface area (Å²) in [6, 6.07) is 0. The molecule has 0 aromatic rings. The fourth-order valence-electron chi connectivity index (χ4n) is 2.22. The van der Waals surface area contributed by atoms with Crippen LogP contribution in [0.2, 0.25) is 0 Å². The molecular formula is C12H22N2O3. The van der Waals surface area contributed by atoms with Gasteiger partial charge in [0.1, 0.15) is 0 Å². The number of aliphatic carboxylic acids is 1. The number of carboxylic acid groups (broad SMARTS) is 1. The number of nitrogens with one attached hydrogen (secondary N) is 1. The summed E-state index contributed by atoms with van der Waals surface area (Å²) in [6.45, 7) is 5.16. The summed E-state index contributed by atoms with van der Waals surface area (Å²) < 4.78 is 0. The third kappa shape index (κ3) is 6.26. The van der Waals surface area contributed by atoms with E-state index in [9.17, 15) is 9.59 Å². The van der Waals surface area contributed by atoms with Crippen molar-refractivity contribution < 1.29 is 14.7 Å². The standard InChI is InChI=1S/C12H22N2O3/c1-10(15)13-6-9-14-7-4-11(5-8-14)2-3-12(16)17/h11H,2-9H2,1H3,(H,13,15)(H,16,17). The number of hydrogen-bond donors (Lipinski definition) is 2. The lowest BCUT2D eigenvalue weighted by Gasteiger charge is -2.31. The van der Waals surface area contributed by atoms with Crippen LogP contribution in [0, 0.1) is 5.92 Å². The molecule has 0 unspecified atom stereocenters. The van der Waals surface area contributed by atoms with E-state index < -0.39 is 5.97 Å². The molecule has 0 radical (unpaired) electrons. The normalized spacial score (nSPS) is 17.9. The number of piperidine rings is 1. The summed E-state index contributed by atoms with van der Waals surface area (Å²) in [5.74, 6) is -0.123. The van der Waals surface area contributed by atoms with Crippen molar-refractivity contribution in [2.75, 3.05) is 26.2 Å². The number of nitrogens with zero attached hydrogens (tertiary/aromatic N) is 1. The molecule has 17 heavy (non-hydrogen) atoms. The van der Waals surface area contributed by atoms with Crippen LogP contribution in [0.25, 0.3) is 0 Å². The zero-order valence-corrected chi connectivity index (χ0v) is 10.4. The number of carboxylic acids is 1. The van der Waals surface area contributed by atoms with Crippen LogP contribution in [-0.4, -0.2) is 48.1 Å². The average Bonchev–Trinajstić information content (AvgIpc) is 2.27. The van der Waals surface area contributed by atoms with Gasteiger partial charge in [0.15, 0.2) is 0 Å². The van der Waals surface area contributed by atoms with Gasteiger partial charge >= 0.3 is 5.97 Å². The molecule has 0 aromatic heterocycles. The Balaban J connectivity index is 2.08. The summed E-state index contributed by atoms with van der Waals surface area (Å²) >= 11 is 0. The molecule has 0 spiro atoms. The molecule has 0 saturated carbocycles. The Morgan fingerprint density at radius 3 is 2.53 bits per heavy atom. The Morgan fingerprint density at radius 2 is 2.00 bits per heavy atom. The van der Waals surface area contributed by atoms with E-state index in [1.54, 1.807) is 0 Å². The minimum Gasteiger partial charge on any atom is -0.481 e. The van der Waals surface area contributed by atoms with E-state index in [0.29, 0.717) is 12.5 Å². The van der Waals surface area contributed by atoms with Crippen molar-refractivity contribution in [2.45, 2.75) is 32.6 Å². The van der Waals surface area contributed by atoms with Crippen molar-refractivity contribution in [1.29, 1.82) is 0 Å². The van der Waals surface area contributed by atoms with Crippen molar-refractivity contribution in [3.05, 3.63) is 0 Å².